The van der Waals surface area contributed by atoms with Crippen molar-refractivity contribution >= 4 is 28.9 Å². The first-order chi connectivity index (χ1) is 20.3. The van der Waals surface area contributed by atoms with Crippen LogP contribution in [-0.4, -0.2) is 106 Å². The number of alkyl halides is 1. The van der Waals surface area contributed by atoms with Crippen LogP contribution >= 0.6 is 0 Å². The molecule has 6 N–H and O–H groups in total. The molecule has 1 heterocycles. The molecule has 12 heteroatoms. The van der Waals surface area contributed by atoms with E-state index in [9.17, 15) is 39.2 Å². The summed E-state index contributed by atoms with van der Waals surface area (Å²) in [6.07, 6.45) is 0.173. The van der Waals surface area contributed by atoms with Gasteiger partial charge >= 0.3 is 0 Å². The number of piperidine rings is 1. The number of rotatable bonds is 7. The molecule has 4 aliphatic rings. The van der Waals surface area contributed by atoms with Crippen molar-refractivity contribution in [3.05, 3.63) is 39.7 Å². The molecule has 4 atom stereocenters. The van der Waals surface area contributed by atoms with E-state index in [0.29, 0.717) is 56.7 Å². The van der Waals surface area contributed by atoms with Gasteiger partial charge in [0.15, 0.2) is 11.4 Å². The first-order valence-corrected chi connectivity index (χ1v) is 14.9. The number of primary amides is 1. The predicted octanol–water partition coefficient (Wildman–Crippen LogP) is 1.74. The van der Waals surface area contributed by atoms with Gasteiger partial charge < -0.3 is 31.1 Å². The van der Waals surface area contributed by atoms with Gasteiger partial charge in [0.2, 0.25) is 5.78 Å². The van der Waals surface area contributed by atoms with Gasteiger partial charge in [0.1, 0.15) is 29.0 Å². The summed E-state index contributed by atoms with van der Waals surface area (Å²) in [6.45, 7) is 6.59. The summed E-state index contributed by atoms with van der Waals surface area (Å²) < 4.78 is 13.8. The number of halogens is 1. The number of likely N-dealkylation sites (N-methyl/N-ethyl adjacent to an activating group) is 1. The largest absolute Gasteiger partial charge is 0.508 e. The zero-order chi connectivity index (χ0) is 31.5. The van der Waals surface area contributed by atoms with Crippen molar-refractivity contribution in [2.24, 2.45) is 17.6 Å². The number of ketones is 2. The highest BCUT2D eigenvalue weighted by Crippen LogP contribution is 2.54. The number of hydrogen-bond acceptors (Lipinski definition) is 10. The molecule has 11 nitrogen and oxygen atoms in total. The zero-order valence-electron chi connectivity index (χ0n) is 25.1. The molecular formula is C31H41FN4O7. The molecule has 2 fully saturated rings. The number of phenols is 1. The number of anilines is 1. The van der Waals surface area contributed by atoms with Crippen LogP contribution < -0.4 is 10.6 Å². The van der Waals surface area contributed by atoms with Gasteiger partial charge in [-0.05, 0) is 71.2 Å². The Kier molecular flexibility index (Phi) is 8.08. The number of likely N-dealkylation sites (tertiary alicyclic amines) is 1. The Bertz CT molecular complexity index is 1430. The third-order valence-corrected chi connectivity index (χ3v) is 9.79. The molecule has 1 amide bonds. The van der Waals surface area contributed by atoms with Crippen molar-refractivity contribution in [3.8, 4) is 5.75 Å². The van der Waals surface area contributed by atoms with Gasteiger partial charge in [-0.25, -0.2) is 4.39 Å². The van der Waals surface area contributed by atoms with E-state index >= 15 is 0 Å². The van der Waals surface area contributed by atoms with Crippen LogP contribution in [0, 0.1) is 11.8 Å². The van der Waals surface area contributed by atoms with Crippen LogP contribution in [0.5, 0.6) is 5.75 Å². The third-order valence-electron chi connectivity index (χ3n) is 9.79. The summed E-state index contributed by atoms with van der Waals surface area (Å²) >= 11 is 0. The van der Waals surface area contributed by atoms with Gasteiger partial charge in [-0.2, -0.15) is 0 Å². The molecule has 234 valence electrons. The Morgan fingerprint density at radius 1 is 1.14 bits per heavy atom. The normalized spacial score (nSPS) is 28.2. The Morgan fingerprint density at radius 2 is 1.77 bits per heavy atom. The first-order valence-electron chi connectivity index (χ1n) is 14.9. The molecule has 1 aliphatic heterocycles. The van der Waals surface area contributed by atoms with E-state index in [-0.39, 0.29) is 29.7 Å². The van der Waals surface area contributed by atoms with Crippen molar-refractivity contribution in [3.63, 3.8) is 0 Å². The van der Waals surface area contributed by atoms with Crippen LogP contribution in [-0.2, 0) is 27.3 Å². The van der Waals surface area contributed by atoms with E-state index in [1.54, 1.807) is 14.1 Å². The number of phenolic OH excluding ortho intramolecular Hbond substituents is 1. The molecule has 5 rings (SSSR count). The number of Topliss-reactive ketones (excluding diaryl/α,β-unsaturated/α-hetero) is 2. The number of aliphatic hydroxyl groups is 3. The number of hydrogen-bond donors (Lipinski definition) is 5. The average molecular weight is 601 g/mol. The molecule has 0 radical (unpaired) electrons. The van der Waals surface area contributed by atoms with E-state index in [1.807, 2.05) is 24.8 Å². The summed E-state index contributed by atoms with van der Waals surface area (Å²) in [6, 6.07) is 0.756. The summed E-state index contributed by atoms with van der Waals surface area (Å²) in [5.74, 6) is -6.69. The second-order valence-corrected chi connectivity index (χ2v) is 12.3. The molecule has 1 aromatic carbocycles. The van der Waals surface area contributed by atoms with Gasteiger partial charge in [-0.15, -0.1) is 0 Å². The Balaban J connectivity index is 1.69. The zero-order valence-corrected chi connectivity index (χ0v) is 25.1. The van der Waals surface area contributed by atoms with E-state index in [0.717, 1.165) is 5.69 Å². The van der Waals surface area contributed by atoms with Gasteiger partial charge in [0, 0.05) is 55.5 Å². The fourth-order valence-electron chi connectivity index (χ4n) is 7.61. The minimum Gasteiger partial charge on any atom is -0.508 e. The van der Waals surface area contributed by atoms with E-state index in [4.69, 9.17) is 5.73 Å². The second-order valence-electron chi connectivity index (χ2n) is 12.3. The van der Waals surface area contributed by atoms with Gasteiger partial charge in [-0.1, -0.05) is 0 Å². The highest BCUT2D eigenvalue weighted by molar-refractivity contribution is 6.24. The fraction of sp³-hybridized carbons (Fsp3) is 0.581. The summed E-state index contributed by atoms with van der Waals surface area (Å²) in [4.78, 5) is 45.3. The Labute approximate surface area is 250 Å². The molecule has 1 aromatic rings. The van der Waals surface area contributed by atoms with E-state index in [1.165, 1.54) is 4.90 Å². The Hall–Kier alpha value is -3.48. The van der Waals surface area contributed by atoms with E-state index in [2.05, 4.69) is 4.90 Å². The van der Waals surface area contributed by atoms with Crippen molar-refractivity contribution in [2.45, 2.75) is 63.9 Å². The molecule has 3 aliphatic carbocycles. The number of aliphatic hydroxyl groups excluding tert-OH is 2. The number of aromatic hydroxyl groups is 1. The minimum absolute atomic E-state index is 0.0319. The average Bonchev–Trinajstić information content (AvgIpc) is 2.94. The maximum atomic E-state index is 14.2. The lowest BCUT2D eigenvalue weighted by Crippen LogP contribution is -2.65. The monoisotopic (exact) mass is 600 g/mol. The van der Waals surface area contributed by atoms with Crippen LogP contribution in [0.3, 0.4) is 0 Å². The molecule has 0 unspecified atom stereocenters. The standard InChI is InChI=1S/C31H41FN4O7/c1-5-36(6-2)20-13-16(14-35-9-7-17(32)8-10-35)25(37)22-18(20)11-15-12-19-24(34(3)4)27(39)23(30(33)42)29(41)31(19,43)28(40)21(15)26(22)38/h13,15,17,19,24,37-38,41,43H,5-12,14H2,1-4H3,(H2,33,42)/t15-,19-,24-,31-/m0/s1. The Morgan fingerprint density at radius 3 is 2.33 bits per heavy atom. The second kappa shape index (κ2) is 11.2. The summed E-state index contributed by atoms with van der Waals surface area (Å²) in [7, 11) is 3.14. The topological polar surface area (TPSA) is 168 Å². The lowest BCUT2D eigenvalue weighted by molar-refractivity contribution is -0.153. The lowest BCUT2D eigenvalue weighted by atomic mass is 9.57. The SMILES string of the molecule is CCN(CC)c1cc(CN2CCC(F)CC2)c(O)c2c1C[C@H]1C[C@H]3[C@H](N(C)C)C(=O)C(C(N)=O)=C(O)[C@@]3(O)C(=O)C1=C2O. The highest BCUT2D eigenvalue weighted by Gasteiger charge is 2.64. The fourth-order valence-corrected chi connectivity index (χ4v) is 7.61. The van der Waals surface area contributed by atoms with Crippen molar-refractivity contribution in [1.29, 1.82) is 0 Å². The number of carbonyl (C=O) groups excluding carboxylic acids is 3. The number of nitrogens with two attached hydrogens (primary N) is 1. The smallest absolute Gasteiger partial charge is 0.255 e. The van der Waals surface area contributed by atoms with Crippen LogP contribution in [0.15, 0.2) is 23.0 Å². The summed E-state index contributed by atoms with van der Waals surface area (Å²) in [5.41, 5.74) is 3.72. The number of fused-ring (bicyclic) bond motifs is 3. The maximum Gasteiger partial charge on any atom is 0.255 e. The number of benzene rings is 1. The molecule has 0 spiro atoms. The van der Waals surface area contributed by atoms with Crippen LogP contribution in [0.4, 0.5) is 10.1 Å². The molecule has 1 saturated heterocycles. The molecular weight excluding hydrogens is 559 g/mol. The minimum atomic E-state index is -2.68. The number of amides is 1. The number of nitrogens with zero attached hydrogens (tertiary/aromatic N) is 3. The van der Waals surface area contributed by atoms with Crippen molar-refractivity contribution in [2.75, 3.05) is 45.2 Å². The molecule has 0 aromatic heterocycles. The highest BCUT2D eigenvalue weighted by atomic mass is 19.1. The maximum absolute atomic E-state index is 14.2. The van der Waals surface area contributed by atoms with Crippen LogP contribution in [0.2, 0.25) is 0 Å². The van der Waals surface area contributed by atoms with Gasteiger partial charge in [0.05, 0.1) is 11.6 Å². The van der Waals surface area contributed by atoms with Crippen LogP contribution in [0.1, 0.15) is 49.8 Å². The van der Waals surface area contributed by atoms with Crippen molar-refractivity contribution < 1.29 is 39.2 Å². The molecule has 0 bridgehead atoms. The van der Waals surface area contributed by atoms with E-state index < -0.39 is 64.2 Å². The summed E-state index contributed by atoms with van der Waals surface area (Å²) in [5, 5.41) is 46.3. The predicted molar refractivity (Wildman–Crippen MR) is 157 cm³/mol. The van der Waals surface area contributed by atoms with Crippen LogP contribution in [0.25, 0.3) is 5.76 Å². The van der Waals surface area contributed by atoms with Gasteiger partial charge in [0.25, 0.3) is 5.91 Å². The number of carbonyl (C=O) groups is 3. The van der Waals surface area contributed by atoms with Crippen molar-refractivity contribution in [1.82, 2.24) is 9.80 Å². The lowest BCUT2D eigenvalue weighted by Gasteiger charge is -2.50. The molecule has 1 saturated carbocycles. The quantitative estimate of drug-likeness (QED) is 0.291. The third kappa shape index (κ3) is 4.70. The van der Waals surface area contributed by atoms with Gasteiger partial charge in [-0.3, -0.25) is 24.2 Å². The first kappa shape index (κ1) is 31.0. The molecule has 43 heavy (non-hydrogen) atoms.